The monoisotopic (exact) mass is 583 g/mol. The number of aliphatic hydroxyl groups is 1. The minimum atomic E-state index is -0.0937. The van der Waals surface area contributed by atoms with Crippen LogP contribution < -0.4 is 4.72 Å². The predicted molar refractivity (Wildman–Crippen MR) is 179 cm³/mol. The largest absolute Gasteiger partial charge is 0.393 e. The summed E-state index contributed by atoms with van der Waals surface area (Å²) < 4.78 is 3.00. The third-order valence-corrected chi connectivity index (χ3v) is 11.6. The molecule has 0 spiro atoms. The lowest BCUT2D eigenvalue weighted by molar-refractivity contribution is -0.169. The molecule has 232 valence electrons. The molecule has 0 aromatic heterocycles. The van der Waals surface area contributed by atoms with Gasteiger partial charge in [-0.3, -0.25) is 4.72 Å². The summed E-state index contributed by atoms with van der Waals surface area (Å²) in [6, 6.07) is 10.2. The van der Waals surface area contributed by atoms with Crippen LogP contribution in [0.4, 0.5) is 0 Å². The van der Waals surface area contributed by atoms with Crippen LogP contribution in [0.1, 0.15) is 112 Å². The molecule has 8 unspecified atom stereocenters. The van der Waals surface area contributed by atoms with Gasteiger partial charge in [0.05, 0.1) is 6.10 Å². The Morgan fingerprint density at radius 3 is 2.39 bits per heavy atom. The van der Waals surface area contributed by atoms with E-state index in [1.54, 1.807) is 18.0 Å². The van der Waals surface area contributed by atoms with Crippen molar-refractivity contribution in [1.29, 1.82) is 0 Å². The van der Waals surface area contributed by atoms with E-state index in [9.17, 15) is 9.90 Å². The van der Waals surface area contributed by atoms with Crippen LogP contribution in [0.25, 0.3) is 0 Å². The molecule has 0 saturated heterocycles. The number of carbonyl (C=O) groups is 1. The molecule has 41 heavy (non-hydrogen) atoms. The minimum Gasteiger partial charge on any atom is -0.393 e. The van der Waals surface area contributed by atoms with Crippen molar-refractivity contribution in [3.63, 3.8) is 0 Å². The van der Waals surface area contributed by atoms with Gasteiger partial charge in [-0.25, -0.2) is 0 Å². The van der Waals surface area contributed by atoms with Crippen LogP contribution >= 0.6 is 11.9 Å². The Morgan fingerprint density at radius 2 is 1.78 bits per heavy atom. The smallest absolute Gasteiger partial charge is 0.119 e. The highest BCUT2D eigenvalue weighted by Crippen LogP contribution is 2.67. The summed E-state index contributed by atoms with van der Waals surface area (Å²) in [7, 11) is 1.91. The second-order valence-electron chi connectivity index (χ2n) is 12.9. The van der Waals surface area contributed by atoms with E-state index in [0.717, 1.165) is 42.8 Å². The highest BCUT2D eigenvalue weighted by atomic mass is 32.2. The second-order valence-corrected chi connectivity index (χ2v) is 13.9. The van der Waals surface area contributed by atoms with Crippen molar-refractivity contribution in [1.82, 2.24) is 4.72 Å². The fourth-order valence-corrected chi connectivity index (χ4v) is 9.72. The van der Waals surface area contributed by atoms with Crippen molar-refractivity contribution in [2.24, 2.45) is 40.4 Å². The first kappa shape index (κ1) is 35.8. The summed E-state index contributed by atoms with van der Waals surface area (Å²) in [4.78, 5) is 12.0. The number of aliphatic hydroxyl groups excluding tert-OH is 1. The van der Waals surface area contributed by atoms with Gasteiger partial charge in [0.15, 0.2) is 0 Å². The van der Waals surface area contributed by atoms with E-state index in [0.29, 0.717) is 23.2 Å². The number of hydrogen-bond acceptors (Lipinski definition) is 4. The van der Waals surface area contributed by atoms with Gasteiger partial charge in [0, 0.05) is 11.3 Å². The molecule has 3 nitrogen and oxygen atoms in total. The Balaban J connectivity index is 0.000000304. The SMILES string of the molecule is C=C/C=C\C.CC.CC12CC(O)C3C(CCC4CCCCC43C)C1CCC2CCCC=O.CNSc1ccccc1. The molecule has 1 aromatic carbocycles. The fraction of sp³-hybridized carbons (Fsp3) is 0.703. The topological polar surface area (TPSA) is 49.3 Å². The van der Waals surface area contributed by atoms with E-state index >= 15 is 0 Å². The maximum atomic E-state index is 11.4. The molecule has 0 heterocycles. The summed E-state index contributed by atoms with van der Waals surface area (Å²) in [5.41, 5.74) is 0.721. The third kappa shape index (κ3) is 9.07. The second kappa shape index (κ2) is 18.3. The molecule has 0 amide bonds. The molecule has 4 saturated carbocycles. The normalized spacial score (nSPS) is 35.1. The van der Waals surface area contributed by atoms with Crippen molar-refractivity contribution in [3.05, 3.63) is 55.1 Å². The summed E-state index contributed by atoms with van der Waals surface area (Å²) in [5.74, 6) is 3.72. The zero-order valence-electron chi connectivity index (χ0n) is 27.1. The first-order chi connectivity index (χ1) is 19.9. The maximum Gasteiger partial charge on any atom is 0.119 e. The maximum absolute atomic E-state index is 11.4. The molecular formula is C37H61NO2S. The fourth-order valence-electron chi connectivity index (χ4n) is 9.19. The van der Waals surface area contributed by atoms with Crippen molar-refractivity contribution in [2.45, 2.75) is 123 Å². The number of benzene rings is 1. The van der Waals surface area contributed by atoms with Gasteiger partial charge in [0.25, 0.3) is 0 Å². The highest BCUT2D eigenvalue weighted by Gasteiger charge is 2.62. The number of hydrogen-bond donors (Lipinski definition) is 2. The molecule has 4 heteroatoms. The van der Waals surface area contributed by atoms with E-state index in [1.807, 2.05) is 58.2 Å². The van der Waals surface area contributed by atoms with Gasteiger partial charge in [-0.15, -0.1) is 0 Å². The van der Waals surface area contributed by atoms with E-state index in [1.165, 1.54) is 62.7 Å². The lowest BCUT2D eigenvalue weighted by atomic mass is 9.44. The number of rotatable bonds is 7. The van der Waals surface area contributed by atoms with E-state index in [4.69, 9.17) is 0 Å². The lowest BCUT2D eigenvalue weighted by Crippen LogP contribution is -2.58. The minimum absolute atomic E-state index is 0.0937. The molecule has 4 fully saturated rings. The molecule has 8 atom stereocenters. The van der Waals surface area contributed by atoms with Crippen LogP contribution in [-0.4, -0.2) is 24.5 Å². The van der Waals surface area contributed by atoms with Crippen LogP contribution in [0.2, 0.25) is 0 Å². The van der Waals surface area contributed by atoms with Crippen molar-refractivity contribution in [2.75, 3.05) is 7.05 Å². The summed E-state index contributed by atoms with van der Waals surface area (Å²) in [6.45, 7) is 14.5. The van der Waals surface area contributed by atoms with E-state index in [-0.39, 0.29) is 6.10 Å². The van der Waals surface area contributed by atoms with Crippen LogP contribution in [0.15, 0.2) is 60.0 Å². The molecule has 5 rings (SSSR count). The quantitative estimate of drug-likeness (QED) is 0.145. The average Bonchev–Trinajstić information content (AvgIpc) is 3.31. The molecule has 4 aliphatic rings. The first-order valence-electron chi connectivity index (χ1n) is 16.6. The number of unbranched alkanes of at least 4 members (excludes halogenated alkanes) is 1. The average molecular weight is 584 g/mol. The number of fused-ring (bicyclic) bond motifs is 5. The van der Waals surface area contributed by atoms with Gasteiger partial charge in [-0.2, -0.15) is 0 Å². The standard InChI is InChI=1S/C23H38O2.C7H9NS.C5H8.C2H6/c1-22-13-5-3-7-16(22)9-11-18-19-12-10-17(8-4-6-14-24)23(19,2)15-20(25)21(18)22;1-8-9-7-5-3-2-4-6-7;1-3-5-4-2;1-2/h14,16-21,25H,3-13,15H2,1-2H3;2-6,8H,1H3;3-5H,1H2,2H3;1-2H3/b;;5-4-;. The van der Waals surface area contributed by atoms with Crippen LogP contribution in [-0.2, 0) is 4.79 Å². The Labute approximate surface area is 257 Å². The number of allylic oxidation sites excluding steroid dienone is 3. The molecular weight excluding hydrogens is 522 g/mol. The van der Waals surface area contributed by atoms with Gasteiger partial charge in [-0.1, -0.05) is 83.5 Å². The summed E-state index contributed by atoms with van der Waals surface area (Å²) in [6.07, 6.45) is 21.5. The van der Waals surface area contributed by atoms with Gasteiger partial charge in [0.2, 0.25) is 0 Å². The van der Waals surface area contributed by atoms with Crippen LogP contribution in [0.5, 0.6) is 0 Å². The van der Waals surface area contributed by atoms with Gasteiger partial charge in [-0.05, 0) is 136 Å². The third-order valence-electron chi connectivity index (χ3n) is 10.9. The zero-order chi connectivity index (χ0) is 30.3. The Kier molecular flexibility index (Phi) is 16.0. The molecule has 4 aliphatic carbocycles. The molecule has 0 bridgehead atoms. The van der Waals surface area contributed by atoms with Crippen LogP contribution in [0, 0.1) is 40.4 Å². The van der Waals surface area contributed by atoms with Gasteiger partial charge in [0.1, 0.15) is 6.29 Å². The Bertz CT molecular complexity index is 903. The summed E-state index contributed by atoms with van der Waals surface area (Å²) >= 11 is 1.63. The van der Waals surface area contributed by atoms with Crippen molar-refractivity contribution >= 4 is 18.2 Å². The Morgan fingerprint density at radius 1 is 1.05 bits per heavy atom. The zero-order valence-corrected chi connectivity index (χ0v) is 27.9. The van der Waals surface area contributed by atoms with Crippen LogP contribution in [0.3, 0.4) is 0 Å². The number of nitrogens with one attached hydrogen (secondary N) is 1. The van der Waals surface area contributed by atoms with Gasteiger partial charge < -0.3 is 9.90 Å². The highest BCUT2D eigenvalue weighted by molar-refractivity contribution is 7.97. The predicted octanol–water partition coefficient (Wildman–Crippen LogP) is 10.1. The lowest BCUT2D eigenvalue weighted by Gasteiger charge is -2.62. The molecule has 2 N–H and O–H groups in total. The number of carbonyl (C=O) groups excluding carboxylic acids is 1. The molecule has 0 radical (unpaired) electrons. The molecule has 1 aromatic rings. The van der Waals surface area contributed by atoms with Gasteiger partial charge >= 0.3 is 0 Å². The first-order valence-corrected chi connectivity index (χ1v) is 17.4. The van der Waals surface area contributed by atoms with Crippen molar-refractivity contribution < 1.29 is 9.90 Å². The summed E-state index contributed by atoms with van der Waals surface area (Å²) in [5, 5.41) is 11.4. The molecule has 0 aliphatic heterocycles. The van der Waals surface area contributed by atoms with E-state index in [2.05, 4.69) is 37.3 Å². The van der Waals surface area contributed by atoms with E-state index < -0.39 is 0 Å². The number of aldehydes is 1. The van der Waals surface area contributed by atoms with Crippen molar-refractivity contribution in [3.8, 4) is 0 Å². The Hall–Kier alpha value is -1.36.